The first-order valence-electron chi connectivity index (χ1n) is 5.35. The fourth-order valence-electron chi connectivity index (χ4n) is 1.66. The van der Waals surface area contributed by atoms with E-state index in [0.29, 0.717) is 6.54 Å². The number of anilines is 1. The molecule has 3 nitrogen and oxygen atoms in total. The second-order valence-electron chi connectivity index (χ2n) is 4.42. The molecule has 0 saturated heterocycles. The molecule has 0 aliphatic heterocycles. The van der Waals surface area contributed by atoms with E-state index in [2.05, 4.69) is 5.32 Å². The molecule has 1 aliphatic carbocycles. The summed E-state index contributed by atoms with van der Waals surface area (Å²) in [6.45, 7) is 2.18. The van der Waals surface area contributed by atoms with Crippen LogP contribution in [0.2, 0.25) is 0 Å². The van der Waals surface area contributed by atoms with Crippen LogP contribution in [0.15, 0.2) is 18.2 Å². The van der Waals surface area contributed by atoms with Gasteiger partial charge in [-0.25, -0.2) is 4.39 Å². The van der Waals surface area contributed by atoms with Gasteiger partial charge in [-0.2, -0.15) is 0 Å². The lowest BCUT2D eigenvalue weighted by atomic mass is 10.1. The van der Waals surface area contributed by atoms with Crippen LogP contribution in [-0.4, -0.2) is 12.5 Å². The number of hydrogen-bond donors (Lipinski definition) is 2. The zero-order chi connectivity index (χ0) is 11.8. The molecular formula is C12H15FN2O. The number of aryl methyl sites for hydroxylation is 1. The van der Waals surface area contributed by atoms with E-state index in [1.807, 2.05) is 6.92 Å². The fourth-order valence-corrected chi connectivity index (χ4v) is 1.66. The van der Waals surface area contributed by atoms with E-state index in [1.165, 1.54) is 6.07 Å². The summed E-state index contributed by atoms with van der Waals surface area (Å²) < 4.78 is 13.4. The molecule has 4 heteroatoms. The van der Waals surface area contributed by atoms with E-state index in [9.17, 15) is 9.18 Å². The topological polar surface area (TPSA) is 55.1 Å². The van der Waals surface area contributed by atoms with Gasteiger partial charge in [0.2, 0.25) is 5.91 Å². The second kappa shape index (κ2) is 3.87. The highest BCUT2D eigenvalue weighted by Gasteiger charge is 2.48. The summed E-state index contributed by atoms with van der Waals surface area (Å²) in [5.74, 6) is -0.578. The summed E-state index contributed by atoms with van der Waals surface area (Å²) >= 11 is 0. The summed E-state index contributed by atoms with van der Waals surface area (Å²) in [4.78, 5) is 11.8. The molecule has 1 amide bonds. The Balaban J connectivity index is 2.15. The first-order valence-corrected chi connectivity index (χ1v) is 5.35. The lowest BCUT2D eigenvalue weighted by Gasteiger charge is -2.13. The first-order chi connectivity index (χ1) is 7.57. The molecule has 1 saturated carbocycles. The second-order valence-corrected chi connectivity index (χ2v) is 4.42. The Morgan fingerprint density at radius 2 is 2.25 bits per heavy atom. The number of nitrogens with one attached hydrogen (secondary N) is 1. The van der Waals surface area contributed by atoms with Crippen molar-refractivity contribution in [2.75, 3.05) is 11.9 Å². The van der Waals surface area contributed by atoms with Gasteiger partial charge in [0.1, 0.15) is 5.82 Å². The summed E-state index contributed by atoms with van der Waals surface area (Å²) in [5.41, 5.74) is 6.24. The first kappa shape index (κ1) is 11.1. The Morgan fingerprint density at radius 3 is 2.81 bits per heavy atom. The van der Waals surface area contributed by atoms with Gasteiger partial charge in [0, 0.05) is 6.54 Å². The van der Waals surface area contributed by atoms with E-state index in [-0.39, 0.29) is 11.6 Å². The SMILES string of the molecule is Cc1ccc(F)c(NC(=O)C2(CN)CC2)c1. The van der Waals surface area contributed by atoms with E-state index in [0.717, 1.165) is 18.4 Å². The van der Waals surface area contributed by atoms with Crippen molar-refractivity contribution in [2.45, 2.75) is 19.8 Å². The predicted octanol–water partition coefficient (Wildman–Crippen LogP) is 1.81. The quantitative estimate of drug-likeness (QED) is 0.819. The third-order valence-electron chi connectivity index (χ3n) is 3.10. The zero-order valence-corrected chi connectivity index (χ0v) is 9.22. The van der Waals surface area contributed by atoms with Crippen molar-refractivity contribution in [2.24, 2.45) is 11.1 Å². The van der Waals surface area contributed by atoms with Crippen LogP contribution >= 0.6 is 0 Å². The molecule has 2 rings (SSSR count). The molecule has 0 bridgehead atoms. The van der Waals surface area contributed by atoms with Crippen molar-refractivity contribution in [3.8, 4) is 0 Å². The van der Waals surface area contributed by atoms with Crippen LogP contribution in [0.4, 0.5) is 10.1 Å². The molecule has 0 radical (unpaired) electrons. The summed E-state index contributed by atoms with van der Waals surface area (Å²) in [7, 11) is 0. The minimum absolute atomic E-state index is 0.167. The van der Waals surface area contributed by atoms with Crippen molar-refractivity contribution in [1.29, 1.82) is 0 Å². The Bertz CT molecular complexity index is 427. The molecule has 1 aromatic rings. The van der Waals surface area contributed by atoms with Gasteiger partial charge < -0.3 is 11.1 Å². The van der Waals surface area contributed by atoms with Crippen LogP contribution in [0.3, 0.4) is 0 Å². The molecule has 0 spiro atoms. The summed E-state index contributed by atoms with van der Waals surface area (Å²) in [5, 5.41) is 2.61. The van der Waals surface area contributed by atoms with Crippen LogP contribution in [0.5, 0.6) is 0 Å². The monoisotopic (exact) mass is 222 g/mol. The molecule has 0 heterocycles. The minimum Gasteiger partial charge on any atom is -0.329 e. The van der Waals surface area contributed by atoms with Gasteiger partial charge in [-0.05, 0) is 37.5 Å². The highest BCUT2D eigenvalue weighted by Crippen LogP contribution is 2.45. The molecular weight excluding hydrogens is 207 g/mol. The van der Waals surface area contributed by atoms with Gasteiger partial charge in [-0.1, -0.05) is 6.07 Å². The van der Waals surface area contributed by atoms with Crippen LogP contribution in [0.1, 0.15) is 18.4 Å². The summed E-state index contributed by atoms with van der Waals surface area (Å²) in [6.07, 6.45) is 1.59. The van der Waals surface area contributed by atoms with Crippen LogP contribution in [0.25, 0.3) is 0 Å². The molecule has 0 atom stereocenters. The number of amides is 1. The molecule has 1 aliphatic rings. The van der Waals surface area contributed by atoms with Crippen molar-refractivity contribution in [1.82, 2.24) is 0 Å². The molecule has 86 valence electrons. The van der Waals surface area contributed by atoms with Crippen molar-refractivity contribution < 1.29 is 9.18 Å². The third-order valence-corrected chi connectivity index (χ3v) is 3.10. The minimum atomic E-state index is -0.448. The number of nitrogens with two attached hydrogens (primary N) is 1. The number of carbonyl (C=O) groups is 1. The largest absolute Gasteiger partial charge is 0.329 e. The Labute approximate surface area is 93.8 Å². The van der Waals surface area contributed by atoms with Crippen LogP contribution < -0.4 is 11.1 Å². The average molecular weight is 222 g/mol. The van der Waals surface area contributed by atoms with Gasteiger partial charge in [0.25, 0.3) is 0 Å². The Kier molecular flexibility index (Phi) is 2.68. The lowest BCUT2D eigenvalue weighted by Crippen LogP contribution is -2.31. The van der Waals surface area contributed by atoms with Crippen LogP contribution in [0, 0.1) is 18.2 Å². The van der Waals surface area contributed by atoms with Gasteiger partial charge in [0.05, 0.1) is 11.1 Å². The maximum Gasteiger partial charge on any atom is 0.231 e. The van der Waals surface area contributed by atoms with E-state index in [1.54, 1.807) is 12.1 Å². The van der Waals surface area contributed by atoms with Crippen molar-refractivity contribution >= 4 is 11.6 Å². The molecule has 3 N–H and O–H groups in total. The normalized spacial score (nSPS) is 16.9. The molecule has 1 aromatic carbocycles. The number of hydrogen-bond acceptors (Lipinski definition) is 2. The molecule has 1 fully saturated rings. The standard InChI is InChI=1S/C12H15FN2O/c1-8-2-3-9(13)10(6-8)15-11(16)12(7-14)4-5-12/h2-3,6H,4-5,7,14H2,1H3,(H,15,16). The number of rotatable bonds is 3. The van der Waals surface area contributed by atoms with Crippen molar-refractivity contribution in [3.05, 3.63) is 29.6 Å². The maximum absolute atomic E-state index is 13.4. The van der Waals surface area contributed by atoms with Gasteiger partial charge in [0.15, 0.2) is 0 Å². The summed E-state index contributed by atoms with van der Waals surface area (Å²) in [6, 6.07) is 4.65. The number of carbonyl (C=O) groups excluding carboxylic acids is 1. The van der Waals surface area contributed by atoms with E-state index in [4.69, 9.17) is 5.73 Å². The van der Waals surface area contributed by atoms with E-state index >= 15 is 0 Å². The van der Waals surface area contributed by atoms with Gasteiger partial charge in [-0.15, -0.1) is 0 Å². The van der Waals surface area contributed by atoms with Gasteiger partial charge in [-0.3, -0.25) is 4.79 Å². The fraction of sp³-hybridized carbons (Fsp3) is 0.417. The number of halogens is 1. The predicted molar refractivity (Wildman–Crippen MR) is 60.5 cm³/mol. The zero-order valence-electron chi connectivity index (χ0n) is 9.22. The smallest absolute Gasteiger partial charge is 0.231 e. The van der Waals surface area contributed by atoms with Gasteiger partial charge >= 0.3 is 0 Å². The molecule has 16 heavy (non-hydrogen) atoms. The Hall–Kier alpha value is -1.42. The van der Waals surface area contributed by atoms with Crippen molar-refractivity contribution in [3.63, 3.8) is 0 Å². The third kappa shape index (κ3) is 1.93. The molecule has 0 unspecified atom stereocenters. The maximum atomic E-state index is 13.4. The Morgan fingerprint density at radius 1 is 1.56 bits per heavy atom. The average Bonchev–Trinajstić information content (AvgIpc) is 3.04. The van der Waals surface area contributed by atoms with E-state index < -0.39 is 11.2 Å². The molecule has 0 aromatic heterocycles. The lowest BCUT2D eigenvalue weighted by molar-refractivity contribution is -0.120. The highest BCUT2D eigenvalue weighted by atomic mass is 19.1. The van der Waals surface area contributed by atoms with Crippen LogP contribution in [-0.2, 0) is 4.79 Å². The highest BCUT2D eigenvalue weighted by molar-refractivity contribution is 5.97. The number of benzene rings is 1.